The predicted octanol–water partition coefficient (Wildman–Crippen LogP) is 1.55. The first kappa shape index (κ1) is 15.2. The highest BCUT2D eigenvalue weighted by Gasteiger charge is 2.25. The summed E-state index contributed by atoms with van der Waals surface area (Å²) in [6.45, 7) is 3.25. The number of carbonyl (C=O) groups excluding carboxylic acids is 2. The van der Waals surface area contributed by atoms with Crippen LogP contribution in [0, 0.1) is 10.1 Å². The van der Waals surface area contributed by atoms with Gasteiger partial charge >= 0.3 is 0 Å². The molecule has 1 aromatic rings. The monoisotopic (exact) mass is 311 g/mol. The molecule has 0 unspecified atom stereocenters. The molecule has 1 aliphatic rings. The number of benzene rings is 1. The van der Waals surface area contributed by atoms with Crippen LogP contribution in [0.2, 0.25) is 5.02 Å². The van der Waals surface area contributed by atoms with Crippen LogP contribution in [-0.2, 0) is 4.79 Å². The molecule has 1 aliphatic heterocycles. The van der Waals surface area contributed by atoms with Gasteiger partial charge in [-0.2, -0.15) is 0 Å². The van der Waals surface area contributed by atoms with Crippen molar-refractivity contribution in [2.45, 2.75) is 6.92 Å². The van der Waals surface area contributed by atoms with Gasteiger partial charge in [0.05, 0.1) is 4.92 Å². The summed E-state index contributed by atoms with van der Waals surface area (Å²) in [4.78, 5) is 37.0. The molecule has 0 atom stereocenters. The van der Waals surface area contributed by atoms with Crippen molar-refractivity contribution in [1.29, 1.82) is 0 Å². The molecule has 112 valence electrons. The lowest BCUT2D eigenvalue weighted by Crippen LogP contribution is -2.50. The first-order valence-electron chi connectivity index (χ1n) is 6.39. The summed E-state index contributed by atoms with van der Waals surface area (Å²) in [7, 11) is 0. The van der Waals surface area contributed by atoms with Crippen molar-refractivity contribution in [3.05, 3.63) is 38.9 Å². The number of rotatable bonds is 2. The summed E-state index contributed by atoms with van der Waals surface area (Å²) < 4.78 is 0. The van der Waals surface area contributed by atoms with E-state index in [1.54, 1.807) is 9.80 Å². The van der Waals surface area contributed by atoms with Crippen LogP contribution >= 0.6 is 11.6 Å². The number of nitro benzene ring substituents is 1. The Hall–Kier alpha value is -2.15. The minimum absolute atomic E-state index is 0.00190. The van der Waals surface area contributed by atoms with Crippen molar-refractivity contribution in [2.75, 3.05) is 26.2 Å². The van der Waals surface area contributed by atoms with Crippen LogP contribution in [0.4, 0.5) is 5.69 Å². The lowest BCUT2D eigenvalue weighted by molar-refractivity contribution is -0.384. The van der Waals surface area contributed by atoms with Crippen LogP contribution in [0.1, 0.15) is 17.3 Å². The Morgan fingerprint density at radius 2 is 1.76 bits per heavy atom. The predicted molar refractivity (Wildman–Crippen MR) is 76.3 cm³/mol. The smallest absolute Gasteiger partial charge is 0.288 e. The molecule has 21 heavy (non-hydrogen) atoms. The first-order valence-corrected chi connectivity index (χ1v) is 6.76. The van der Waals surface area contributed by atoms with E-state index in [2.05, 4.69) is 0 Å². The topological polar surface area (TPSA) is 83.8 Å². The van der Waals surface area contributed by atoms with Gasteiger partial charge in [0.25, 0.3) is 11.6 Å². The van der Waals surface area contributed by atoms with Crippen LogP contribution in [0.15, 0.2) is 18.2 Å². The Bertz CT molecular complexity index is 597. The largest absolute Gasteiger partial charge is 0.339 e. The fraction of sp³-hybridized carbons (Fsp3) is 0.385. The number of halogens is 1. The molecule has 2 rings (SSSR count). The summed E-state index contributed by atoms with van der Waals surface area (Å²) in [5.74, 6) is -0.317. The molecule has 0 aliphatic carbocycles. The zero-order valence-corrected chi connectivity index (χ0v) is 12.2. The molecule has 2 amide bonds. The average Bonchev–Trinajstić information content (AvgIpc) is 2.46. The molecular formula is C13H14ClN3O4. The Morgan fingerprint density at radius 3 is 2.29 bits per heavy atom. The van der Waals surface area contributed by atoms with E-state index in [1.807, 2.05) is 0 Å². The van der Waals surface area contributed by atoms with E-state index in [0.717, 1.165) is 0 Å². The Balaban J connectivity index is 2.13. The third-order valence-electron chi connectivity index (χ3n) is 3.40. The number of hydrogen-bond acceptors (Lipinski definition) is 4. The van der Waals surface area contributed by atoms with Gasteiger partial charge in [0.2, 0.25) is 5.91 Å². The lowest BCUT2D eigenvalue weighted by atomic mass is 10.1. The molecule has 0 saturated carbocycles. The highest BCUT2D eigenvalue weighted by atomic mass is 35.5. The Morgan fingerprint density at radius 1 is 1.19 bits per heavy atom. The lowest BCUT2D eigenvalue weighted by Gasteiger charge is -2.34. The maximum atomic E-state index is 12.3. The van der Waals surface area contributed by atoms with Gasteiger partial charge in [0.15, 0.2) is 0 Å². The average molecular weight is 312 g/mol. The van der Waals surface area contributed by atoms with Crippen LogP contribution in [0.25, 0.3) is 0 Å². The fourth-order valence-electron chi connectivity index (χ4n) is 2.19. The number of hydrogen-bond donors (Lipinski definition) is 0. The van der Waals surface area contributed by atoms with Gasteiger partial charge < -0.3 is 9.80 Å². The fourth-order valence-corrected chi connectivity index (χ4v) is 2.38. The molecule has 7 nitrogen and oxygen atoms in total. The molecule has 1 fully saturated rings. The number of nitrogens with zero attached hydrogens (tertiary/aromatic N) is 3. The minimum atomic E-state index is -0.618. The zero-order chi connectivity index (χ0) is 15.6. The summed E-state index contributed by atoms with van der Waals surface area (Å²) in [5.41, 5.74) is -0.0627. The molecule has 0 N–H and O–H groups in total. The van der Waals surface area contributed by atoms with Crippen molar-refractivity contribution in [3.63, 3.8) is 0 Å². The van der Waals surface area contributed by atoms with E-state index in [9.17, 15) is 19.7 Å². The summed E-state index contributed by atoms with van der Waals surface area (Å²) in [6.07, 6.45) is 0. The molecule has 1 saturated heterocycles. The van der Waals surface area contributed by atoms with Crippen LogP contribution in [0.5, 0.6) is 0 Å². The molecule has 0 bridgehead atoms. The van der Waals surface area contributed by atoms with Gasteiger partial charge in [-0.1, -0.05) is 11.6 Å². The van der Waals surface area contributed by atoms with Crippen molar-refractivity contribution in [3.8, 4) is 0 Å². The van der Waals surface area contributed by atoms with Crippen molar-refractivity contribution in [2.24, 2.45) is 0 Å². The third kappa shape index (κ3) is 3.30. The number of piperazine rings is 1. The van der Waals surface area contributed by atoms with E-state index in [1.165, 1.54) is 25.1 Å². The van der Waals surface area contributed by atoms with Crippen LogP contribution in [-0.4, -0.2) is 52.7 Å². The maximum Gasteiger partial charge on any atom is 0.288 e. The minimum Gasteiger partial charge on any atom is -0.339 e. The molecular weight excluding hydrogens is 298 g/mol. The van der Waals surface area contributed by atoms with Gasteiger partial charge in [-0.15, -0.1) is 0 Å². The first-order chi connectivity index (χ1) is 9.90. The van der Waals surface area contributed by atoms with Crippen LogP contribution < -0.4 is 0 Å². The van der Waals surface area contributed by atoms with E-state index in [4.69, 9.17) is 11.6 Å². The second kappa shape index (κ2) is 6.09. The second-order valence-corrected chi connectivity index (χ2v) is 5.13. The SMILES string of the molecule is CC(=O)N1CCN(C(=O)c2ccc(Cl)c([N+](=O)[O-])c2)CC1. The number of amides is 2. The number of nitro groups is 1. The molecule has 0 aromatic heterocycles. The van der Waals surface area contributed by atoms with E-state index >= 15 is 0 Å². The molecule has 0 spiro atoms. The molecule has 0 radical (unpaired) electrons. The standard InChI is InChI=1S/C13H14ClN3O4/c1-9(18)15-4-6-16(7-5-15)13(19)10-2-3-11(14)12(8-10)17(20)21/h2-3,8H,4-7H2,1H3. The van der Waals surface area contributed by atoms with Crippen molar-refractivity contribution in [1.82, 2.24) is 9.80 Å². The van der Waals surface area contributed by atoms with Gasteiger partial charge in [-0.25, -0.2) is 0 Å². The molecule has 1 heterocycles. The number of carbonyl (C=O) groups is 2. The van der Waals surface area contributed by atoms with Gasteiger partial charge in [0, 0.05) is 44.7 Å². The normalized spacial score (nSPS) is 15.0. The van der Waals surface area contributed by atoms with E-state index in [-0.39, 0.29) is 28.1 Å². The van der Waals surface area contributed by atoms with Gasteiger partial charge in [0.1, 0.15) is 5.02 Å². The summed E-state index contributed by atoms with van der Waals surface area (Å²) in [6, 6.07) is 4.00. The Kier molecular flexibility index (Phi) is 4.42. The van der Waals surface area contributed by atoms with Crippen molar-refractivity contribution >= 4 is 29.1 Å². The highest BCUT2D eigenvalue weighted by molar-refractivity contribution is 6.32. The maximum absolute atomic E-state index is 12.3. The van der Waals surface area contributed by atoms with E-state index < -0.39 is 4.92 Å². The highest BCUT2D eigenvalue weighted by Crippen LogP contribution is 2.25. The van der Waals surface area contributed by atoms with Gasteiger partial charge in [-0.05, 0) is 12.1 Å². The van der Waals surface area contributed by atoms with E-state index in [0.29, 0.717) is 26.2 Å². The van der Waals surface area contributed by atoms with Gasteiger partial charge in [-0.3, -0.25) is 19.7 Å². The summed E-state index contributed by atoms with van der Waals surface area (Å²) in [5, 5.41) is 10.8. The second-order valence-electron chi connectivity index (χ2n) is 4.72. The Labute approximate surface area is 126 Å². The molecule has 8 heteroatoms. The van der Waals surface area contributed by atoms with Crippen LogP contribution in [0.3, 0.4) is 0 Å². The zero-order valence-electron chi connectivity index (χ0n) is 11.4. The van der Waals surface area contributed by atoms with Crippen molar-refractivity contribution < 1.29 is 14.5 Å². The summed E-state index contributed by atoms with van der Waals surface area (Å²) >= 11 is 5.72. The quantitative estimate of drug-likeness (QED) is 0.613. The molecule has 1 aromatic carbocycles. The third-order valence-corrected chi connectivity index (χ3v) is 3.72.